The smallest absolute Gasteiger partial charge is 0.268 e. The zero-order valence-electron chi connectivity index (χ0n) is 10.1. The second-order valence-corrected chi connectivity index (χ2v) is 4.04. The summed E-state index contributed by atoms with van der Waals surface area (Å²) in [4.78, 5) is 13.5. The third-order valence-corrected chi connectivity index (χ3v) is 2.80. The molecule has 0 aliphatic carbocycles. The molecule has 5 heteroatoms. The summed E-state index contributed by atoms with van der Waals surface area (Å²) < 4.78 is 5.54. The Morgan fingerprint density at radius 3 is 2.94 bits per heavy atom. The summed E-state index contributed by atoms with van der Waals surface area (Å²) in [5, 5.41) is 3.07. The molecule has 1 amide bonds. The molecule has 0 saturated carbocycles. The maximum atomic E-state index is 11.9. The van der Waals surface area contributed by atoms with Crippen LogP contribution in [0, 0.1) is 0 Å². The Balaban J connectivity index is 2.41. The van der Waals surface area contributed by atoms with Gasteiger partial charge in [0.2, 0.25) is 0 Å². The summed E-state index contributed by atoms with van der Waals surface area (Å²) in [6, 6.07) is 5.79. The van der Waals surface area contributed by atoms with E-state index in [1.165, 1.54) is 0 Å². The van der Waals surface area contributed by atoms with Gasteiger partial charge in [0.15, 0.2) is 6.10 Å². The van der Waals surface area contributed by atoms with E-state index in [-0.39, 0.29) is 12.6 Å². The van der Waals surface area contributed by atoms with Gasteiger partial charge in [-0.25, -0.2) is 0 Å². The third-order valence-electron chi connectivity index (χ3n) is 2.80. The SMILES string of the molecule is CNCc1ccc2c(c1)N(CN)C(=O)C(C)O2. The molecule has 1 aliphatic heterocycles. The Labute approximate surface area is 101 Å². The molecule has 0 fully saturated rings. The molecule has 0 saturated heterocycles. The fourth-order valence-corrected chi connectivity index (χ4v) is 1.95. The van der Waals surface area contributed by atoms with Gasteiger partial charge >= 0.3 is 0 Å². The van der Waals surface area contributed by atoms with Crippen molar-refractivity contribution in [1.82, 2.24) is 5.32 Å². The van der Waals surface area contributed by atoms with Crippen molar-refractivity contribution in [2.45, 2.75) is 19.6 Å². The van der Waals surface area contributed by atoms with Gasteiger partial charge in [-0.3, -0.25) is 9.69 Å². The summed E-state index contributed by atoms with van der Waals surface area (Å²) in [6.07, 6.45) is -0.471. The van der Waals surface area contributed by atoms with Gasteiger partial charge in [0.1, 0.15) is 5.75 Å². The number of amides is 1. The van der Waals surface area contributed by atoms with Gasteiger partial charge in [-0.05, 0) is 31.7 Å². The predicted octanol–water partition coefficient (Wildman–Crippen LogP) is 0.436. The van der Waals surface area contributed by atoms with Crippen LogP contribution in [0.3, 0.4) is 0 Å². The van der Waals surface area contributed by atoms with Crippen molar-refractivity contribution < 1.29 is 9.53 Å². The predicted molar refractivity (Wildman–Crippen MR) is 65.8 cm³/mol. The van der Waals surface area contributed by atoms with E-state index in [1.807, 2.05) is 25.2 Å². The van der Waals surface area contributed by atoms with Crippen molar-refractivity contribution in [3.63, 3.8) is 0 Å². The van der Waals surface area contributed by atoms with E-state index in [4.69, 9.17) is 10.5 Å². The topological polar surface area (TPSA) is 67.6 Å². The monoisotopic (exact) mass is 235 g/mol. The van der Waals surface area contributed by atoms with E-state index < -0.39 is 6.10 Å². The number of carbonyl (C=O) groups is 1. The van der Waals surface area contributed by atoms with Crippen LogP contribution >= 0.6 is 0 Å². The molecule has 1 unspecified atom stereocenters. The second-order valence-electron chi connectivity index (χ2n) is 4.04. The number of hydrogen-bond acceptors (Lipinski definition) is 4. The molecular formula is C12H17N3O2. The fraction of sp³-hybridized carbons (Fsp3) is 0.417. The Kier molecular flexibility index (Phi) is 3.31. The average molecular weight is 235 g/mol. The molecule has 3 N–H and O–H groups in total. The zero-order valence-corrected chi connectivity index (χ0v) is 10.1. The standard InChI is InChI=1S/C12H17N3O2/c1-8-12(16)15(7-13)10-5-9(6-14-2)3-4-11(10)17-8/h3-5,8,14H,6-7,13H2,1-2H3. The molecule has 5 nitrogen and oxygen atoms in total. The first kappa shape index (κ1) is 11.9. The quantitative estimate of drug-likeness (QED) is 0.797. The van der Waals surface area contributed by atoms with Crippen LogP contribution in [0.15, 0.2) is 18.2 Å². The lowest BCUT2D eigenvalue weighted by atomic mass is 10.1. The number of hydrogen-bond donors (Lipinski definition) is 2. The molecule has 1 aromatic rings. The second kappa shape index (κ2) is 4.73. The van der Waals surface area contributed by atoms with Gasteiger partial charge < -0.3 is 15.8 Å². The van der Waals surface area contributed by atoms with Crippen LogP contribution in [-0.4, -0.2) is 25.7 Å². The first-order valence-corrected chi connectivity index (χ1v) is 5.63. The Hall–Kier alpha value is -1.59. The highest BCUT2D eigenvalue weighted by Gasteiger charge is 2.30. The first-order valence-electron chi connectivity index (χ1n) is 5.63. The normalized spacial score (nSPS) is 18.9. The van der Waals surface area contributed by atoms with Crippen LogP contribution in [0.25, 0.3) is 0 Å². The summed E-state index contributed by atoms with van der Waals surface area (Å²) >= 11 is 0. The number of carbonyl (C=O) groups excluding carboxylic acids is 1. The van der Waals surface area contributed by atoms with E-state index in [1.54, 1.807) is 11.8 Å². The number of nitrogens with zero attached hydrogens (tertiary/aromatic N) is 1. The van der Waals surface area contributed by atoms with E-state index >= 15 is 0 Å². The van der Waals surface area contributed by atoms with Gasteiger partial charge in [-0.15, -0.1) is 0 Å². The molecule has 1 atom stereocenters. The van der Waals surface area contributed by atoms with Gasteiger partial charge in [-0.2, -0.15) is 0 Å². The molecule has 0 bridgehead atoms. The Morgan fingerprint density at radius 2 is 2.29 bits per heavy atom. The summed E-state index contributed by atoms with van der Waals surface area (Å²) in [7, 11) is 1.88. The van der Waals surface area contributed by atoms with Crippen LogP contribution in [-0.2, 0) is 11.3 Å². The number of fused-ring (bicyclic) bond motifs is 1. The number of anilines is 1. The van der Waals surface area contributed by atoms with E-state index in [0.29, 0.717) is 5.75 Å². The molecule has 1 aliphatic rings. The highest BCUT2D eigenvalue weighted by molar-refractivity contribution is 5.99. The summed E-state index contributed by atoms with van der Waals surface area (Å²) in [5.74, 6) is 0.615. The van der Waals surface area contributed by atoms with E-state index in [2.05, 4.69) is 5.32 Å². The van der Waals surface area contributed by atoms with Crippen molar-refractivity contribution in [1.29, 1.82) is 0 Å². The molecular weight excluding hydrogens is 218 g/mol. The van der Waals surface area contributed by atoms with Crippen molar-refractivity contribution in [3.8, 4) is 5.75 Å². The van der Waals surface area contributed by atoms with Crippen LogP contribution in [0.4, 0.5) is 5.69 Å². The molecule has 0 radical (unpaired) electrons. The Bertz CT molecular complexity index is 434. The lowest BCUT2D eigenvalue weighted by Crippen LogP contribution is -2.47. The zero-order chi connectivity index (χ0) is 12.4. The van der Waals surface area contributed by atoms with Gasteiger partial charge in [0.05, 0.1) is 12.4 Å². The van der Waals surface area contributed by atoms with Gasteiger partial charge in [-0.1, -0.05) is 6.07 Å². The fourth-order valence-electron chi connectivity index (χ4n) is 1.95. The van der Waals surface area contributed by atoms with Crippen LogP contribution in [0.5, 0.6) is 5.75 Å². The lowest BCUT2D eigenvalue weighted by Gasteiger charge is -2.32. The minimum absolute atomic E-state index is 0.0957. The summed E-state index contributed by atoms with van der Waals surface area (Å²) in [6.45, 7) is 2.65. The summed E-state index contributed by atoms with van der Waals surface area (Å²) in [5.41, 5.74) is 7.47. The highest BCUT2D eigenvalue weighted by Crippen LogP contribution is 2.34. The van der Waals surface area contributed by atoms with Crippen LogP contribution in [0.1, 0.15) is 12.5 Å². The minimum atomic E-state index is -0.471. The largest absolute Gasteiger partial charge is 0.479 e. The molecule has 0 spiro atoms. The van der Waals surface area contributed by atoms with E-state index in [0.717, 1.165) is 17.8 Å². The molecule has 17 heavy (non-hydrogen) atoms. The van der Waals surface area contributed by atoms with Crippen molar-refractivity contribution in [3.05, 3.63) is 23.8 Å². The number of ether oxygens (including phenoxy) is 1. The minimum Gasteiger partial charge on any atom is -0.479 e. The molecule has 1 aromatic carbocycles. The first-order chi connectivity index (χ1) is 8.17. The maximum Gasteiger partial charge on any atom is 0.268 e. The van der Waals surface area contributed by atoms with Gasteiger partial charge in [0, 0.05) is 6.54 Å². The van der Waals surface area contributed by atoms with Crippen LogP contribution in [0.2, 0.25) is 0 Å². The number of nitrogens with one attached hydrogen (secondary N) is 1. The van der Waals surface area contributed by atoms with Gasteiger partial charge in [0.25, 0.3) is 5.91 Å². The Morgan fingerprint density at radius 1 is 1.53 bits per heavy atom. The van der Waals surface area contributed by atoms with Crippen molar-refractivity contribution >= 4 is 11.6 Å². The number of nitrogens with two attached hydrogens (primary N) is 1. The van der Waals surface area contributed by atoms with Crippen LogP contribution < -0.4 is 20.7 Å². The van der Waals surface area contributed by atoms with E-state index in [9.17, 15) is 4.79 Å². The highest BCUT2D eigenvalue weighted by atomic mass is 16.5. The molecule has 2 rings (SSSR count). The van der Waals surface area contributed by atoms with Crippen molar-refractivity contribution in [2.24, 2.45) is 5.73 Å². The molecule has 1 heterocycles. The number of benzene rings is 1. The molecule has 92 valence electrons. The maximum absolute atomic E-state index is 11.9. The molecule has 0 aromatic heterocycles. The lowest BCUT2D eigenvalue weighted by molar-refractivity contribution is -0.125. The van der Waals surface area contributed by atoms with Crippen molar-refractivity contribution in [2.75, 3.05) is 18.6 Å². The average Bonchev–Trinajstić information content (AvgIpc) is 2.32. The number of rotatable bonds is 3. The third kappa shape index (κ3) is 2.11.